The maximum atomic E-state index is 5.49. The average Bonchev–Trinajstić information content (AvgIpc) is 2.21. The zero-order chi connectivity index (χ0) is 12.4. The van der Waals surface area contributed by atoms with Gasteiger partial charge in [-0.15, -0.1) is 0 Å². The molecular weight excluding hydrogens is 200 g/mol. The van der Waals surface area contributed by atoms with Crippen LogP contribution >= 0.6 is 0 Å². The van der Waals surface area contributed by atoms with E-state index in [1.165, 1.54) is 6.42 Å². The molecule has 0 aromatic heterocycles. The summed E-state index contributed by atoms with van der Waals surface area (Å²) in [4.78, 5) is 2.37. The first-order valence-electron chi connectivity index (χ1n) is 6.52. The largest absolute Gasteiger partial charge is 0.380 e. The van der Waals surface area contributed by atoms with Gasteiger partial charge in [-0.05, 0) is 46.3 Å². The molecule has 0 fully saturated rings. The van der Waals surface area contributed by atoms with Crippen molar-refractivity contribution in [3.8, 4) is 0 Å². The molecule has 0 aliphatic heterocycles. The van der Waals surface area contributed by atoms with Gasteiger partial charge in [0.05, 0.1) is 6.61 Å². The van der Waals surface area contributed by atoms with Crippen LogP contribution in [0.4, 0.5) is 0 Å². The van der Waals surface area contributed by atoms with Gasteiger partial charge in [0.25, 0.3) is 0 Å². The van der Waals surface area contributed by atoms with Crippen LogP contribution in [0.15, 0.2) is 0 Å². The summed E-state index contributed by atoms with van der Waals surface area (Å²) in [5, 5.41) is 3.40. The molecule has 3 heteroatoms. The van der Waals surface area contributed by atoms with Crippen LogP contribution in [-0.2, 0) is 4.74 Å². The molecule has 0 rings (SSSR count). The van der Waals surface area contributed by atoms with Gasteiger partial charge in [0.1, 0.15) is 0 Å². The monoisotopic (exact) mass is 230 g/mol. The van der Waals surface area contributed by atoms with Crippen molar-refractivity contribution in [1.82, 2.24) is 10.2 Å². The summed E-state index contributed by atoms with van der Waals surface area (Å²) in [7, 11) is 2.18. The van der Waals surface area contributed by atoms with Crippen LogP contribution in [0.25, 0.3) is 0 Å². The Labute approximate surface area is 102 Å². The summed E-state index contributed by atoms with van der Waals surface area (Å²) < 4.78 is 5.49. The molecule has 0 aliphatic rings. The second-order valence-electron chi connectivity index (χ2n) is 5.15. The van der Waals surface area contributed by atoms with E-state index in [1.54, 1.807) is 0 Å². The minimum absolute atomic E-state index is 0.639. The predicted molar refractivity (Wildman–Crippen MR) is 70.9 cm³/mol. The highest BCUT2D eigenvalue weighted by atomic mass is 16.5. The molecule has 0 bridgehead atoms. The van der Waals surface area contributed by atoms with E-state index in [0.29, 0.717) is 12.0 Å². The molecule has 0 aromatic carbocycles. The van der Waals surface area contributed by atoms with E-state index in [4.69, 9.17) is 4.74 Å². The summed E-state index contributed by atoms with van der Waals surface area (Å²) in [5.41, 5.74) is 0. The van der Waals surface area contributed by atoms with E-state index in [2.05, 4.69) is 45.0 Å². The highest BCUT2D eigenvalue weighted by molar-refractivity contribution is 4.58. The van der Waals surface area contributed by atoms with Crippen LogP contribution in [0.2, 0.25) is 0 Å². The molecule has 0 aliphatic carbocycles. The number of ether oxygens (including phenoxy) is 1. The van der Waals surface area contributed by atoms with E-state index in [9.17, 15) is 0 Å². The molecule has 98 valence electrons. The van der Waals surface area contributed by atoms with Gasteiger partial charge in [-0.25, -0.2) is 0 Å². The molecule has 16 heavy (non-hydrogen) atoms. The lowest BCUT2D eigenvalue weighted by molar-refractivity contribution is 0.111. The van der Waals surface area contributed by atoms with E-state index in [1.807, 2.05) is 0 Å². The molecule has 1 N–H and O–H groups in total. The average molecular weight is 230 g/mol. The number of hydrogen-bond donors (Lipinski definition) is 1. The number of rotatable bonds is 10. The van der Waals surface area contributed by atoms with Crippen LogP contribution < -0.4 is 5.32 Å². The van der Waals surface area contributed by atoms with Gasteiger partial charge in [0.2, 0.25) is 0 Å². The second kappa shape index (κ2) is 10.1. The third kappa shape index (κ3) is 10.4. The van der Waals surface area contributed by atoms with Crippen LogP contribution in [0, 0.1) is 5.92 Å². The van der Waals surface area contributed by atoms with Gasteiger partial charge in [0.15, 0.2) is 0 Å². The molecule has 3 nitrogen and oxygen atoms in total. The van der Waals surface area contributed by atoms with Crippen molar-refractivity contribution in [2.45, 2.75) is 40.2 Å². The van der Waals surface area contributed by atoms with E-state index in [-0.39, 0.29) is 0 Å². The molecule has 0 spiro atoms. The summed E-state index contributed by atoms with van der Waals surface area (Å²) in [5.74, 6) is 0.639. The van der Waals surface area contributed by atoms with E-state index in [0.717, 1.165) is 32.8 Å². The number of nitrogens with zero attached hydrogens (tertiary/aromatic N) is 1. The van der Waals surface area contributed by atoms with Gasteiger partial charge < -0.3 is 15.0 Å². The standard InChI is InChI=1S/C13H30N2O/c1-12(2)11-16-10-8-14-7-6-9-15(5)13(3)4/h12-14H,6-11H2,1-5H3. The topological polar surface area (TPSA) is 24.5 Å². The first kappa shape index (κ1) is 15.9. The van der Waals surface area contributed by atoms with Gasteiger partial charge in [-0.3, -0.25) is 0 Å². The zero-order valence-corrected chi connectivity index (χ0v) is 11.8. The summed E-state index contributed by atoms with van der Waals surface area (Å²) in [6.07, 6.45) is 1.21. The fraction of sp³-hybridized carbons (Fsp3) is 1.00. The van der Waals surface area contributed by atoms with Crippen molar-refractivity contribution in [1.29, 1.82) is 0 Å². The van der Waals surface area contributed by atoms with E-state index >= 15 is 0 Å². The smallest absolute Gasteiger partial charge is 0.0591 e. The molecule has 0 atom stereocenters. The summed E-state index contributed by atoms with van der Waals surface area (Å²) in [6, 6.07) is 0.648. The maximum Gasteiger partial charge on any atom is 0.0591 e. The first-order chi connectivity index (χ1) is 7.54. The molecular formula is C13H30N2O. The Kier molecular flexibility index (Phi) is 9.99. The summed E-state index contributed by atoms with van der Waals surface area (Å²) >= 11 is 0. The number of hydrogen-bond acceptors (Lipinski definition) is 3. The lowest BCUT2D eigenvalue weighted by atomic mass is 10.2. The second-order valence-corrected chi connectivity index (χ2v) is 5.15. The third-order valence-corrected chi connectivity index (χ3v) is 2.62. The Hall–Kier alpha value is -0.120. The van der Waals surface area contributed by atoms with Gasteiger partial charge in [-0.1, -0.05) is 13.8 Å². The van der Waals surface area contributed by atoms with Crippen LogP contribution in [0.5, 0.6) is 0 Å². The quantitative estimate of drug-likeness (QED) is 0.581. The van der Waals surface area contributed by atoms with Crippen molar-refractivity contribution in [3.05, 3.63) is 0 Å². The van der Waals surface area contributed by atoms with E-state index < -0.39 is 0 Å². The Balaban J connectivity index is 3.10. The Morgan fingerprint density at radius 3 is 2.38 bits per heavy atom. The molecule has 0 radical (unpaired) electrons. The normalized spacial score (nSPS) is 12.0. The molecule has 0 unspecified atom stereocenters. The van der Waals surface area contributed by atoms with Crippen LogP contribution in [0.1, 0.15) is 34.1 Å². The summed E-state index contributed by atoms with van der Waals surface area (Å²) in [6.45, 7) is 13.7. The number of nitrogens with one attached hydrogen (secondary N) is 1. The maximum absolute atomic E-state index is 5.49. The minimum atomic E-state index is 0.639. The van der Waals surface area contributed by atoms with Crippen molar-refractivity contribution >= 4 is 0 Å². The first-order valence-corrected chi connectivity index (χ1v) is 6.52. The highest BCUT2D eigenvalue weighted by Crippen LogP contribution is 1.94. The lowest BCUT2D eigenvalue weighted by Crippen LogP contribution is -2.30. The van der Waals surface area contributed by atoms with Crippen molar-refractivity contribution in [2.75, 3.05) is 39.9 Å². The van der Waals surface area contributed by atoms with Crippen LogP contribution in [0.3, 0.4) is 0 Å². The SMILES string of the molecule is CC(C)COCCNCCCN(C)C(C)C. The Morgan fingerprint density at radius 1 is 1.12 bits per heavy atom. The lowest BCUT2D eigenvalue weighted by Gasteiger charge is -2.20. The van der Waals surface area contributed by atoms with Gasteiger partial charge >= 0.3 is 0 Å². The Bertz CT molecular complexity index is 149. The molecule has 0 amide bonds. The van der Waals surface area contributed by atoms with Crippen molar-refractivity contribution in [2.24, 2.45) is 5.92 Å². The molecule has 0 heterocycles. The zero-order valence-electron chi connectivity index (χ0n) is 11.8. The van der Waals surface area contributed by atoms with Crippen molar-refractivity contribution in [3.63, 3.8) is 0 Å². The van der Waals surface area contributed by atoms with Crippen LogP contribution in [-0.4, -0.2) is 50.8 Å². The minimum Gasteiger partial charge on any atom is -0.380 e. The highest BCUT2D eigenvalue weighted by Gasteiger charge is 2.01. The van der Waals surface area contributed by atoms with Crippen molar-refractivity contribution < 1.29 is 4.74 Å². The molecule has 0 saturated heterocycles. The fourth-order valence-corrected chi connectivity index (χ4v) is 1.30. The molecule has 0 aromatic rings. The Morgan fingerprint density at radius 2 is 1.81 bits per heavy atom. The predicted octanol–water partition coefficient (Wildman–Crippen LogP) is 1.98. The van der Waals surface area contributed by atoms with Gasteiger partial charge in [-0.2, -0.15) is 0 Å². The van der Waals surface area contributed by atoms with Gasteiger partial charge in [0, 0.05) is 19.2 Å². The fourth-order valence-electron chi connectivity index (χ4n) is 1.30. The molecule has 0 saturated carbocycles. The third-order valence-electron chi connectivity index (χ3n) is 2.62.